The summed E-state index contributed by atoms with van der Waals surface area (Å²) >= 11 is 0. The molecule has 0 spiro atoms. The fourth-order valence-corrected chi connectivity index (χ4v) is 1.56. The third-order valence-corrected chi connectivity index (χ3v) is 2.46. The number of hydrogen-bond acceptors (Lipinski definition) is 3. The van der Waals surface area contributed by atoms with E-state index in [0.717, 1.165) is 11.3 Å². The lowest BCUT2D eigenvalue weighted by Crippen LogP contribution is -2.45. The molecule has 0 aromatic rings. The van der Waals surface area contributed by atoms with Crippen molar-refractivity contribution in [3.8, 4) is 0 Å². The van der Waals surface area contributed by atoms with Gasteiger partial charge in [-0.2, -0.15) is 0 Å². The van der Waals surface area contributed by atoms with Gasteiger partial charge in [0, 0.05) is 13.5 Å². The highest BCUT2D eigenvalue weighted by Crippen LogP contribution is 2.10. The summed E-state index contributed by atoms with van der Waals surface area (Å²) in [6, 6.07) is -0.924. The number of hydrogen-bond donors (Lipinski definition) is 2. The molecule has 6 nitrogen and oxygen atoms in total. The molecule has 0 aliphatic carbocycles. The molecule has 0 bridgehead atoms. The Hall–Kier alpha value is -1.59. The van der Waals surface area contributed by atoms with Crippen LogP contribution in [0, 0.1) is 0 Å². The summed E-state index contributed by atoms with van der Waals surface area (Å²) in [7, 11) is 0. The molecule has 0 aliphatic rings. The number of carbonyl (C=O) groups is 3. The molecule has 98 valence electrons. The van der Waals surface area contributed by atoms with Gasteiger partial charge in [0.05, 0.1) is 6.42 Å². The zero-order valence-corrected chi connectivity index (χ0v) is 10.2. The molecule has 0 saturated carbocycles. The highest BCUT2D eigenvalue weighted by Gasteiger charge is 2.27. The van der Waals surface area contributed by atoms with Gasteiger partial charge >= 0.3 is 11.9 Å². The van der Waals surface area contributed by atoms with Crippen LogP contribution in [0.1, 0.15) is 39.5 Å². The smallest absolute Gasteiger partial charge is 0.326 e. The van der Waals surface area contributed by atoms with Crippen molar-refractivity contribution in [3.05, 3.63) is 0 Å². The van der Waals surface area contributed by atoms with E-state index in [1.54, 1.807) is 0 Å². The molecule has 1 atom stereocenters. The molecule has 0 aromatic carbocycles. The summed E-state index contributed by atoms with van der Waals surface area (Å²) in [6.07, 6.45) is 1.63. The van der Waals surface area contributed by atoms with Crippen LogP contribution in [0.25, 0.3) is 0 Å². The number of carboxylic acid groups (broad SMARTS) is 2. The first-order valence-electron chi connectivity index (χ1n) is 5.62. The van der Waals surface area contributed by atoms with Crippen LogP contribution in [0.2, 0.25) is 0 Å². The molecule has 0 rings (SSSR count). The molecule has 6 heteroatoms. The van der Waals surface area contributed by atoms with Crippen molar-refractivity contribution >= 4 is 17.8 Å². The summed E-state index contributed by atoms with van der Waals surface area (Å²) in [5.41, 5.74) is 0. The molecule has 0 heterocycles. The zero-order valence-electron chi connectivity index (χ0n) is 10.2. The van der Waals surface area contributed by atoms with Crippen LogP contribution in [0.5, 0.6) is 0 Å². The molecule has 1 amide bonds. The van der Waals surface area contributed by atoms with Gasteiger partial charge in [-0.05, 0) is 6.42 Å². The first kappa shape index (κ1) is 15.4. The normalized spacial score (nSPS) is 11.9. The van der Waals surface area contributed by atoms with E-state index in [-0.39, 0.29) is 13.0 Å². The molecule has 2 N–H and O–H groups in total. The minimum atomic E-state index is -1.08. The second kappa shape index (κ2) is 7.65. The molecule has 0 radical (unpaired) electrons. The lowest BCUT2D eigenvalue weighted by molar-refractivity contribution is -0.151. The van der Waals surface area contributed by atoms with Crippen LogP contribution in [0.4, 0.5) is 0 Å². The number of unbranched alkanes of at least 4 members (excludes halogenated alkanes) is 1. The van der Waals surface area contributed by atoms with E-state index >= 15 is 0 Å². The topological polar surface area (TPSA) is 94.9 Å². The maximum absolute atomic E-state index is 11.3. The van der Waals surface area contributed by atoms with Crippen LogP contribution in [-0.2, 0) is 14.4 Å². The first-order chi connectivity index (χ1) is 7.90. The number of amides is 1. The Balaban J connectivity index is 4.64. The molecule has 1 unspecified atom stereocenters. The molecular formula is C11H19NO5. The van der Waals surface area contributed by atoms with Crippen molar-refractivity contribution in [1.82, 2.24) is 4.90 Å². The summed E-state index contributed by atoms with van der Waals surface area (Å²) in [5.74, 6) is -2.54. The number of carboxylic acids is 2. The molecule has 0 saturated heterocycles. The number of rotatable bonds is 8. The van der Waals surface area contributed by atoms with Crippen molar-refractivity contribution < 1.29 is 24.6 Å². The van der Waals surface area contributed by atoms with E-state index in [0.29, 0.717) is 12.8 Å². The van der Waals surface area contributed by atoms with E-state index in [9.17, 15) is 14.4 Å². The molecule has 0 fully saturated rings. The van der Waals surface area contributed by atoms with Crippen LogP contribution < -0.4 is 0 Å². The Morgan fingerprint density at radius 3 is 2.18 bits per heavy atom. The van der Waals surface area contributed by atoms with E-state index in [4.69, 9.17) is 10.2 Å². The van der Waals surface area contributed by atoms with Crippen molar-refractivity contribution in [3.63, 3.8) is 0 Å². The lowest BCUT2D eigenvalue weighted by atomic mass is 10.1. The Kier molecular flexibility index (Phi) is 6.93. The minimum Gasteiger partial charge on any atom is -0.481 e. The Labute approximate surface area is 100 Å². The zero-order chi connectivity index (χ0) is 13.4. The van der Waals surface area contributed by atoms with Gasteiger partial charge in [0.1, 0.15) is 6.04 Å². The summed E-state index contributed by atoms with van der Waals surface area (Å²) < 4.78 is 0. The third kappa shape index (κ3) is 5.89. The van der Waals surface area contributed by atoms with Crippen LogP contribution in [-0.4, -0.2) is 45.5 Å². The van der Waals surface area contributed by atoms with Crippen molar-refractivity contribution in [2.24, 2.45) is 0 Å². The standard InChI is InChI=1S/C11H19NO5/c1-3-4-5-9(11(16)17)12(8(2)13)7-6-10(14)15/h9H,3-7H2,1-2H3,(H,14,15)(H,16,17). The molecule has 0 aliphatic heterocycles. The van der Waals surface area contributed by atoms with E-state index < -0.39 is 23.9 Å². The number of carbonyl (C=O) groups excluding carboxylic acids is 1. The summed E-state index contributed by atoms with van der Waals surface area (Å²) in [4.78, 5) is 34.0. The van der Waals surface area contributed by atoms with Crippen molar-refractivity contribution in [1.29, 1.82) is 0 Å². The SMILES string of the molecule is CCCCC(C(=O)O)N(CCC(=O)O)C(C)=O. The maximum atomic E-state index is 11.3. The fourth-order valence-electron chi connectivity index (χ4n) is 1.56. The van der Waals surface area contributed by atoms with Crippen molar-refractivity contribution in [2.75, 3.05) is 6.54 Å². The lowest BCUT2D eigenvalue weighted by Gasteiger charge is -2.27. The Morgan fingerprint density at radius 1 is 1.24 bits per heavy atom. The average molecular weight is 245 g/mol. The van der Waals surface area contributed by atoms with Crippen molar-refractivity contribution in [2.45, 2.75) is 45.6 Å². The first-order valence-corrected chi connectivity index (χ1v) is 5.62. The van der Waals surface area contributed by atoms with Gasteiger partial charge in [0.15, 0.2) is 0 Å². The minimum absolute atomic E-state index is 0.0641. The highest BCUT2D eigenvalue weighted by molar-refractivity contribution is 5.82. The second-order valence-electron chi connectivity index (χ2n) is 3.85. The second-order valence-corrected chi connectivity index (χ2v) is 3.85. The van der Waals surface area contributed by atoms with Gasteiger partial charge in [-0.3, -0.25) is 9.59 Å². The van der Waals surface area contributed by atoms with Crippen LogP contribution in [0.3, 0.4) is 0 Å². The van der Waals surface area contributed by atoms with Gasteiger partial charge in [-0.1, -0.05) is 19.8 Å². The summed E-state index contributed by atoms with van der Waals surface area (Å²) in [6.45, 7) is 3.11. The maximum Gasteiger partial charge on any atom is 0.326 e. The van der Waals surface area contributed by atoms with E-state index in [2.05, 4.69) is 0 Å². The molecule has 17 heavy (non-hydrogen) atoms. The van der Waals surface area contributed by atoms with Gasteiger partial charge in [0.2, 0.25) is 5.91 Å². The predicted molar refractivity (Wildman–Crippen MR) is 60.6 cm³/mol. The van der Waals surface area contributed by atoms with Crippen LogP contribution in [0.15, 0.2) is 0 Å². The number of aliphatic carboxylic acids is 2. The monoisotopic (exact) mass is 245 g/mol. The van der Waals surface area contributed by atoms with Gasteiger partial charge in [-0.15, -0.1) is 0 Å². The molecular weight excluding hydrogens is 226 g/mol. The Morgan fingerprint density at radius 2 is 1.82 bits per heavy atom. The highest BCUT2D eigenvalue weighted by atomic mass is 16.4. The van der Waals surface area contributed by atoms with Gasteiger partial charge < -0.3 is 15.1 Å². The summed E-state index contributed by atoms with van der Waals surface area (Å²) in [5, 5.41) is 17.6. The predicted octanol–water partition coefficient (Wildman–Crippen LogP) is 0.953. The van der Waals surface area contributed by atoms with Gasteiger partial charge in [-0.25, -0.2) is 4.79 Å². The largest absolute Gasteiger partial charge is 0.481 e. The van der Waals surface area contributed by atoms with E-state index in [1.807, 2.05) is 6.92 Å². The fraction of sp³-hybridized carbons (Fsp3) is 0.727. The third-order valence-electron chi connectivity index (χ3n) is 2.46. The quantitative estimate of drug-likeness (QED) is 0.664. The number of nitrogens with zero attached hydrogens (tertiary/aromatic N) is 1. The van der Waals surface area contributed by atoms with Gasteiger partial charge in [0.25, 0.3) is 0 Å². The average Bonchev–Trinajstić information content (AvgIpc) is 2.21. The molecule has 0 aromatic heterocycles. The van der Waals surface area contributed by atoms with Crippen LogP contribution >= 0.6 is 0 Å². The Bertz CT molecular complexity index is 290. The van der Waals surface area contributed by atoms with E-state index in [1.165, 1.54) is 6.92 Å².